The number of hydrogen-bond acceptors (Lipinski definition) is 2. The van der Waals surface area contributed by atoms with E-state index in [0.717, 1.165) is 30.2 Å². The molecule has 82 valence electrons. The minimum atomic E-state index is -0.0993. The lowest BCUT2D eigenvalue weighted by atomic mass is 9.89. The maximum Gasteiger partial charge on any atom is 0.335 e. The summed E-state index contributed by atoms with van der Waals surface area (Å²) in [7, 11) is 0. The fourth-order valence-corrected chi connectivity index (χ4v) is 2.25. The van der Waals surface area contributed by atoms with E-state index in [4.69, 9.17) is 4.84 Å². The van der Waals surface area contributed by atoms with Gasteiger partial charge in [-0.2, -0.15) is 4.73 Å². The third-order valence-electron chi connectivity index (χ3n) is 2.77. The highest BCUT2D eigenvalue weighted by Gasteiger charge is 2.23. The van der Waals surface area contributed by atoms with Gasteiger partial charge in [0.15, 0.2) is 0 Å². The summed E-state index contributed by atoms with van der Waals surface area (Å²) in [6.07, 6.45) is 8.96. The van der Waals surface area contributed by atoms with Crippen molar-refractivity contribution in [2.75, 3.05) is 0 Å². The number of carbonyl (C=O) groups excluding carboxylic acids is 1. The van der Waals surface area contributed by atoms with Gasteiger partial charge in [-0.05, 0) is 34.8 Å². The molecule has 2 rings (SSSR count). The van der Waals surface area contributed by atoms with Crippen molar-refractivity contribution in [2.24, 2.45) is 5.92 Å². The normalized spacial score (nSPS) is 17.7. The van der Waals surface area contributed by atoms with E-state index >= 15 is 0 Å². The Hall–Kier alpha value is -0.770. The minimum Gasteiger partial charge on any atom is -0.337 e. The fourth-order valence-electron chi connectivity index (χ4n) is 1.93. The molecule has 1 fully saturated rings. The van der Waals surface area contributed by atoms with Gasteiger partial charge in [-0.1, -0.05) is 19.3 Å². The van der Waals surface area contributed by atoms with Gasteiger partial charge in [0, 0.05) is 10.7 Å². The number of halogens is 1. The molecule has 0 atom stereocenters. The smallest absolute Gasteiger partial charge is 0.335 e. The van der Waals surface area contributed by atoms with Crippen LogP contribution in [0.2, 0.25) is 0 Å². The molecule has 0 unspecified atom stereocenters. The van der Waals surface area contributed by atoms with Gasteiger partial charge in [-0.15, -0.1) is 0 Å². The second-order valence-corrected chi connectivity index (χ2v) is 4.85. The molecule has 0 aliphatic heterocycles. The molecule has 1 aliphatic rings. The molecule has 0 amide bonds. The van der Waals surface area contributed by atoms with Gasteiger partial charge >= 0.3 is 5.97 Å². The molecule has 0 N–H and O–H groups in total. The molecular formula is C11H14BrNO2. The van der Waals surface area contributed by atoms with E-state index in [9.17, 15) is 4.79 Å². The van der Waals surface area contributed by atoms with E-state index in [1.807, 2.05) is 6.07 Å². The van der Waals surface area contributed by atoms with Crippen molar-refractivity contribution in [3.63, 3.8) is 0 Å². The molecular weight excluding hydrogens is 258 g/mol. The Morgan fingerprint density at radius 1 is 1.40 bits per heavy atom. The van der Waals surface area contributed by atoms with Gasteiger partial charge in [0.25, 0.3) is 0 Å². The largest absolute Gasteiger partial charge is 0.337 e. The summed E-state index contributed by atoms with van der Waals surface area (Å²) < 4.78 is 2.38. The third-order valence-corrected chi connectivity index (χ3v) is 3.23. The Morgan fingerprint density at radius 2 is 2.13 bits per heavy atom. The first-order valence-corrected chi connectivity index (χ1v) is 6.11. The Labute approximate surface area is 97.5 Å². The van der Waals surface area contributed by atoms with Crippen LogP contribution in [-0.4, -0.2) is 10.7 Å². The molecule has 1 aromatic rings. The predicted molar refractivity (Wildman–Crippen MR) is 60.3 cm³/mol. The molecule has 1 saturated carbocycles. The SMILES string of the molecule is O=C(On1ccc(Br)c1)C1CCCCC1. The van der Waals surface area contributed by atoms with Gasteiger partial charge < -0.3 is 4.84 Å². The zero-order chi connectivity index (χ0) is 10.7. The Morgan fingerprint density at radius 3 is 2.73 bits per heavy atom. The van der Waals surface area contributed by atoms with Crippen LogP contribution in [0.25, 0.3) is 0 Å². The van der Waals surface area contributed by atoms with E-state index in [0.29, 0.717) is 0 Å². The number of nitrogens with zero attached hydrogens (tertiary/aromatic N) is 1. The van der Waals surface area contributed by atoms with Gasteiger partial charge in [0.05, 0.1) is 12.1 Å². The second-order valence-electron chi connectivity index (χ2n) is 3.93. The highest BCUT2D eigenvalue weighted by atomic mass is 79.9. The summed E-state index contributed by atoms with van der Waals surface area (Å²) in [5.41, 5.74) is 0. The Bertz CT molecular complexity index is 342. The van der Waals surface area contributed by atoms with Crippen LogP contribution in [0.5, 0.6) is 0 Å². The highest BCUT2D eigenvalue weighted by Crippen LogP contribution is 2.24. The van der Waals surface area contributed by atoms with Crippen LogP contribution in [0, 0.1) is 5.92 Å². The highest BCUT2D eigenvalue weighted by molar-refractivity contribution is 9.10. The van der Waals surface area contributed by atoms with Crippen LogP contribution in [0.4, 0.5) is 0 Å². The quantitative estimate of drug-likeness (QED) is 0.829. The topological polar surface area (TPSA) is 31.2 Å². The minimum absolute atomic E-state index is 0.0972. The van der Waals surface area contributed by atoms with E-state index in [1.165, 1.54) is 11.2 Å². The van der Waals surface area contributed by atoms with E-state index in [2.05, 4.69) is 15.9 Å². The second kappa shape index (κ2) is 4.84. The van der Waals surface area contributed by atoms with Gasteiger partial charge in [-0.3, -0.25) is 0 Å². The molecule has 15 heavy (non-hydrogen) atoms. The molecule has 3 nitrogen and oxygen atoms in total. The molecule has 0 bridgehead atoms. The van der Waals surface area contributed by atoms with E-state index in [-0.39, 0.29) is 11.9 Å². The monoisotopic (exact) mass is 271 g/mol. The van der Waals surface area contributed by atoms with Crippen molar-refractivity contribution in [2.45, 2.75) is 32.1 Å². The number of carbonyl (C=O) groups is 1. The van der Waals surface area contributed by atoms with Crippen LogP contribution in [-0.2, 0) is 4.79 Å². The van der Waals surface area contributed by atoms with Crippen molar-refractivity contribution in [3.05, 3.63) is 22.9 Å². The Kier molecular flexibility index (Phi) is 3.46. The number of rotatable bonds is 2. The van der Waals surface area contributed by atoms with Crippen molar-refractivity contribution < 1.29 is 9.63 Å². The predicted octanol–water partition coefficient (Wildman–Crippen LogP) is 2.79. The Balaban J connectivity index is 1.91. The molecule has 1 aromatic heterocycles. The summed E-state index contributed by atoms with van der Waals surface area (Å²) in [6.45, 7) is 0. The number of hydrogen-bond donors (Lipinski definition) is 0. The summed E-state index contributed by atoms with van der Waals surface area (Å²) in [6, 6.07) is 1.84. The number of aromatic nitrogens is 1. The van der Waals surface area contributed by atoms with Crippen LogP contribution in [0.1, 0.15) is 32.1 Å². The molecule has 0 spiro atoms. The molecule has 4 heteroatoms. The molecule has 1 heterocycles. The molecule has 0 radical (unpaired) electrons. The molecule has 0 aromatic carbocycles. The first-order chi connectivity index (χ1) is 7.25. The van der Waals surface area contributed by atoms with E-state index < -0.39 is 0 Å². The lowest BCUT2D eigenvalue weighted by Gasteiger charge is -2.19. The van der Waals surface area contributed by atoms with Crippen LogP contribution >= 0.6 is 15.9 Å². The zero-order valence-corrected chi connectivity index (χ0v) is 10.1. The lowest BCUT2D eigenvalue weighted by Crippen LogP contribution is -2.27. The first-order valence-electron chi connectivity index (χ1n) is 5.31. The van der Waals surface area contributed by atoms with Gasteiger partial charge in [0.1, 0.15) is 0 Å². The average molecular weight is 272 g/mol. The average Bonchev–Trinajstić information content (AvgIpc) is 2.65. The molecule has 1 aliphatic carbocycles. The van der Waals surface area contributed by atoms with Crippen molar-refractivity contribution >= 4 is 21.9 Å². The van der Waals surface area contributed by atoms with Crippen molar-refractivity contribution in [3.8, 4) is 0 Å². The fraction of sp³-hybridized carbons (Fsp3) is 0.545. The van der Waals surface area contributed by atoms with E-state index in [1.54, 1.807) is 12.4 Å². The third kappa shape index (κ3) is 2.84. The van der Waals surface area contributed by atoms with Crippen LogP contribution < -0.4 is 4.84 Å². The summed E-state index contributed by atoms with van der Waals surface area (Å²) in [5, 5.41) is 0. The zero-order valence-electron chi connectivity index (χ0n) is 8.49. The van der Waals surface area contributed by atoms with Crippen molar-refractivity contribution in [1.82, 2.24) is 4.73 Å². The summed E-state index contributed by atoms with van der Waals surface area (Å²) in [4.78, 5) is 16.9. The van der Waals surface area contributed by atoms with Gasteiger partial charge in [0.2, 0.25) is 0 Å². The maximum atomic E-state index is 11.7. The summed E-state index contributed by atoms with van der Waals surface area (Å²) in [5.74, 6) is -0.00211. The lowest BCUT2D eigenvalue weighted by molar-refractivity contribution is -0.150. The van der Waals surface area contributed by atoms with Crippen LogP contribution in [0.15, 0.2) is 22.9 Å². The molecule has 0 saturated heterocycles. The first kappa shape index (κ1) is 10.7. The van der Waals surface area contributed by atoms with Gasteiger partial charge in [-0.25, -0.2) is 4.79 Å². The standard InChI is InChI=1S/C11H14BrNO2/c12-10-6-7-13(8-10)15-11(14)9-4-2-1-3-5-9/h6-9H,1-5H2. The van der Waals surface area contributed by atoms with Crippen molar-refractivity contribution in [1.29, 1.82) is 0 Å². The summed E-state index contributed by atoms with van der Waals surface area (Å²) >= 11 is 3.31. The maximum absolute atomic E-state index is 11.7. The van der Waals surface area contributed by atoms with Crippen LogP contribution in [0.3, 0.4) is 0 Å².